The van der Waals surface area contributed by atoms with E-state index in [1.807, 2.05) is 0 Å². The summed E-state index contributed by atoms with van der Waals surface area (Å²) < 4.78 is 0.240. The lowest BCUT2D eigenvalue weighted by atomic mass is 10.3. The first kappa shape index (κ1) is 8.16. The van der Waals surface area contributed by atoms with Gasteiger partial charge in [0.25, 0.3) is 5.56 Å². The number of nitrogens with one attached hydrogen (secondary N) is 2. The van der Waals surface area contributed by atoms with Gasteiger partial charge in [0.05, 0.1) is 12.3 Å². The number of aliphatic hydroxyl groups is 1. The fourth-order valence-corrected chi connectivity index (χ4v) is 0.970. The third kappa shape index (κ3) is 1.55. The first-order valence-electron chi connectivity index (χ1n) is 3.08. The zero-order valence-corrected chi connectivity index (χ0v) is 6.79. The van der Waals surface area contributed by atoms with Crippen molar-refractivity contribution < 1.29 is 5.11 Å². The lowest BCUT2D eigenvalue weighted by Gasteiger charge is -1.98. The van der Waals surface area contributed by atoms with Crippen molar-refractivity contribution >= 4 is 12.2 Å². The van der Waals surface area contributed by atoms with Gasteiger partial charge in [0, 0.05) is 5.56 Å². The van der Waals surface area contributed by atoms with Gasteiger partial charge >= 0.3 is 0 Å². The summed E-state index contributed by atoms with van der Waals surface area (Å²) in [4.78, 5) is 16.0. The summed E-state index contributed by atoms with van der Waals surface area (Å²) in [5.41, 5.74) is 0.692. The molecular formula is C6H8N2O2S. The van der Waals surface area contributed by atoms with E-state index in [1.165, 1.54) is 0 Å². The standard InChI is InChI=1S/C6H8N2O2S/c1-3-4(2-9)7-6(11)8-5(3)10/h9H,2H2,1H3,(H2,7,8,10,11). The summed E-state index contributed by atoms with van der Waals surface area (Å²) in [5.74, 6) is 0. The van der Waals surface area contributed by atoms with Crippen molar-refractivity contribution in [1.82, 2.24) is 9.97 Å². The molecule has 1 heterocycles. The maximum atomic E-state index is 11.0. The molecule has 0 amide bonds. The minimum absolute atomic E-state index is 0.195. The van der Waals surface area contributed by atoms with Gasteiger partial charge in [0.15, 0.2) is 4.77 Å². The highest BCUT2D eigenvalue weighted by molar-refractivity contribution is 7.71. The Bertz CT molecular complexity index is 366. The molecule has 4 nitrogen and oxygen atoms in total. The zero-order valence-electron chi connectivity index (χ0n) is 5.97. The fourth-order valence-electron chi connectivity index (χ4n) is 0.754. The average molecular weight is 172 g/mol. The molecule has 0 atom stereocenters. The van der Waals surface area contributed by atoms with E-state index in [0.717, 1.165) is 0 Å². The Labute approximate surface area is 67.9 Å². The van der Waals surface area contributed by atoms with Crippen molar-refractivity contribution in [3.05, 3.63) is 26.4 Å². The van der Waals surface area contributed by atoms with Gasteiger partial charge in [0.2, 0.25) is 0 Å². The minimum Gasteiger partial charge on any atom is -0.390 e. The number of rotatable bonds is 1. The molecule has 0 radical (unpaired) electrons. The van der Waals surface area contributed by atoms with Crippen LogP contribution in [0.4, 0.5) is 0 Å². The van der Waals surface area contributed by atoms with E-state index in [4.69, 9.17) is 17.3 Å². The number of aromatic nitrogens is 2. The third-order valence-electron chi connectivity index (χ3n) is 1.44. The van der Waals surface area contributed by atoms with Gasteiger partial charge in [-0.05, 0) is 19.1 Å². The molecule has 0 fully saturated rings. The first-order chi connectivity index (χ1) is 5.15. The molecule has 1 rings (SSSR count). The van der Waals surface area contributed by atoms with Gasteiger partial charge in [0.1, 0.15) is 0 Å². The van der Waals surface area contributed by atoms with Crippen molar-refractivity contribution in [2.24, 2.45) is 0 Å². The second-order valence-electron chi connectivity index (χ2n) is 2.17. The molecule has 0 aliphatic carbocycles. The van der Waals surface area contributed by atoms with Crippen molar-refractivity contribution in [2.45, 2.75) is 13.5 Å². The van der Waals surface area contributed by atoms with Crippen LogP contribution in [0.25, 0.3) is 0 Å². The number of hydrogen-bond donors (Lipinski definition) is 3. The van der Waals surface area contributed by atoms with Crippen LogP contribution in [-0.4, -0.2) is 15.1 Å². The van der Waals surface area contributed by atoms with Gasteiger partial charge in [-0.3, -0.25) is 9.78 Å². The molecule has 3 N–H and O–H groups in total. The molecule has 0 aliphatic heterocycles. The number of hydrogen-bond acceptors (Lipinski definition) is 3. The fraction of sp³-hybridized carbons (Fsp3) is 0.333. The Balaban J connectivity index is 3.49. The van der Waals surface area contributed by atoms with Gasteiger partial charge in [-0.2, -0.15) is 0 Å². The van der Waals surface area contributed by atoms with Crippen LogP contribution in [-0.2, 0) is 6.61 Å². The second kappa shape index (κ2) is 2.98. The third-order valence-corrected chi connectivity index (χ3v) is 1.65. The van der Waals surface area contributed by atoms with Crippen LogP contribution in [0.1, 0.15) is 11.3 Å². The van der Waals surface area contributed by atoms with Gasteiger partial charge in [-0.15, -0.1) is 0 Å². The smallest absolute Gasteiger partial charge is 0.254 e. The maximum absolute atomic E-state index is 11.0. The van der Waals surface area contributed by atoms with E-state index >= 15 is 0 Å². The normalized spacial score (nSPS) is 10.0. The van der Waals surface area contributed by atoms with Gasteiger partial charge in [-0.25, -0.2) is 0 Å². The predicted molar refractivity (Wildman–Crippen MR) is 42.9 cm³/mol. The molecule has 0 saturated heterocycles. The molecule has 0 saturated carbocycles. The molecule has 11 heavy (non-hydrogen) atoms. The molecule has 1 aromatic rings. The van der Waals surface area contributed by atoms with Crippen molar-refractivity contribution in [1.29, 1.82) is 0 Å². The van der Waals surface area contributed by atoms with Crippen LogP contribution in [0.2, 0.25) is 0 Å². The maximum Gasteiger partial charge on any atom is 0.254 e. The summed E-state index contributed by atoms with van der Waals surface area (Å²) >= 11 is 4.69. The quantitative estimate of drug-likeness (QED) is 0.531. The average Bonchev–Trinajstić information content (AvgIpc) is 1.96. The highest BCUT2D eigenvalue weighted by atomic mass is 32.1. The van der Waals surface area contributed by atoms with E-state index in [0.29, 0.717) is 11.3 Å². The summed E-state index contributed by atoms with van der Waals surface area (Å²) in [6, 6.07) is 0. The van der Waals surface area contributed by atoms with Gasteiger partial charge < -0.3 is 10.1 Å². The number of aliphatic hydroxyl groups excluding tert-OH is 1. The Morgan fingerprint density at radius 2 is 2.18 bits per heavy atom. The van der Waals surface area contributed by atoms with Crippen molar-refractivity contribution in [3.63, 3.8) is 0 Å². The molecule has 0 unspecified atom stereocenters. The summed E-state index contributed by atoms with van der Waals surface area (Å²) in [7, 11) is 0. The van der Waals surface area contributed by atoms with Crippen LogP contribution in [0.5, 0.6) is 0 Å². The Kier molecular flexibility index (Phi) is 2.21. The van der Waals surface area contributed by atoms with Crippen LogP contribution >= 0.6 is 12.2 Å². The molecule has 1 aromatic heterocycles. The second-order valence-corrected chi connectivity index (χ2v) is 2.58. The molecule has 0 aromatic carbocycles. The molecule has 5 heteroatoms. The largest absolute Gasteiger partial charge is 0.390 e. The Morgan fingerprint density at radius 1 is 1.55 bits per heavy atom. The summed E-state index contributed by atoms with van der Waals surface area (Å²) in [6.45, 7) is 1.43. The van der Waals surface area contributed by atoms with E-state index in [9.17, 15) is 4.79 Å². The first-order valence-corrected chi connectivity index (χ1v) is 3.49. The van der Waals surface area contributed by atoms with E-state index in [2.05, 4.69) is 9.97 Å². The van der Waals surface area contributed by atoms with E-state index in [1.54, 1.807) is 6.92 Å². The van der Waals surface area contributed by atoms with E-state index in [-0.39, 0.29) is 16.9 Å². The lowest BCUT2D eigenvalue weighted by molar-refractivity contribution is 0.275. The molecular weight excluding hydrogens is 164 g/mol. The molecule has 0 aliphatic rings. The zero-order chi connectivity index (χ0) is 8.43. The minimum atomic E-state index is -0.252. The Hall–Kier alpha value is -0.940. The predicted octanol–water partition coefficient (Wildman–Crippen LogP) is 0.233. The van der Waals surface area contributed by atoms with E-state index < -0.39 is 0 Å². The van der Waals surface area contributed by atoms with Crippen molar-refractivity contribution in [2.75, 3.05) is 0 Å². The summed E-state index contributed by atoms with van der Waals surface area (Å²) in [5, 5.41) is 8.74. The van der Waals surface area contributed by atoms with Crippen LogP contribution < -0.4 is 5.56 Å². The number of aromatic amines is 2. The van der Waals surface area contributed by atoms with Crippen LogP contribution in [0, 0.1) is 11.7 Å². The molecule has 0 spiro atoms. The number of H-pyrrole nitrogens is 2. The highest BCUT2D eigenvalue weighted by Crippen LogP contribution is 1.95. The molecule has 60 valence electrons. The topological polar surface area (TPSA) is 68.9 Å². The Morgan fingerprint density at radius 3 is 2.73 bits per heavy atom. The van der Waals surface area contributed by atoms with Crippen LogP contribution in [0.3, 0.4) is 0 Å². The summed E-state index contributed by atoms with van der Waals surface area (Å²) in [6.07, 6.45) is 0. The highest BCUT2D eigenvalue weighted by Gasteiger charge is 1.99. The SMILES string of the molecule is Cc1c(CO)[nH]c(=S)[nH]c1=O. The van der Waals surface area contributed by atoms with Gasteiger partial charge in [-0.1, -0.05) is 0 Å². The molecule has 0 bridgehead atoms. The monoisotopic (exact) mass is 172 g/mol. The lowest BCUT2D eigenvalue weighted by Crippen LogP contribution is -2.14. The van der Waals surface area contributed by atoms with Crippen LogP contribution in [0.15, 0.2) is 4.79 Å². The van der Waals surface area contributed by atoms with Crippen molar-refractivity contribution in [3.8, 4) is 0 Å².